The van der Waals surface area contributed by atoms with Crippen LogP contribution in [0.25, 0.3) is 0 Å². The third-order valence-corrected chi connectivity index (χ3v) is 33.1. The summed E-state index contributed by atoms with van der Waals surface area (Å²) >= 11 is 0. The van der Waals surface area contributed by atoms with Crippen LogP contribution >= 0.6 is 0 Å². The first-order valence-electron chi connectivity index (χ1n) is 26.2. The highest BCUT2D eigenvalue weighted by Crippen LogP contribution is 2.52. The zero-order valence-electron chi connectivity index (χ0n) is 39.0. The van der Waals surface area contributed by atoms with Gasteiger partial charge in [-0.3, -0.25) is 0 Å². The fourth-order valence-corrected chi connectivity index (χ4v) is 31.1. The first-order chi connectivity index (χ1) is 26.5. The maximum absolute atomic E-state index is 8.58. The molecular weight excluding hydrogens is 685 g/mol. The highest BCUT2D eigenvalue weighted by molar-refractivity contribution is 7.40. The van der Waals surface area contributed by atoms with Gasteiger partial charge in [-0.1, -0.05) is 291 Å². The van der Waals surface area contributed by atoms with Crippen molar-refractivity contribution in [1.82, 2.24) is 0 Å². The maximum atomic E-state index is 8.58. The Balaban J connectivity index is 3.53. The van der Waals surface area contributed by atoms with Crippen molar-refractivity contribution in [2.45, 2.75) is 328 Å². The van der Waals surface area contributed by atoms with E-state index in [1.807, 2.05) is 0 Å². The van der Waals surface area contributed by atoms with Crippen LogP contribution < -0.4 is 0 Å². The zero-order chi connectivity index (χ0) is 39.3. The van der Waals surface area contributed by atoms with Crippen LogP contribution in [0.15, 0.2) is 0 Å². The summed E-state index contributed by atoms with van der Waals surface area (Å²) < 4.78 is 8.58. The lowest BCUT2D eigenvalue weighted by Gasteiger charge is -2.58. The van der Waals surface area contributed by atoms with Crippen molar-refractivity contribution in [2.75, 3.05) is 0 Å². The second-order valence-corrected chi connectivity index (χ2v) is 32.3. The fourth-order valence-electron chi connectivity index (χ4n) is 10.7. The predicted octanol–water partition coefficient (Wildman–Crippen LogP) is 19.6. The van der Waals surface area contributed by atoms with E-state index in [0.29, 0.717) is 0 Å². The van der Waals surface area contributed by atoms with Crippen molar-refractivity contribution in [3.05, 3.63) is 0 Å². The first kappa shape index (κ1) is 52.4. The normalized spacial score (nSPS) is 16.3. The molecule has 0 aromatic carbocycles. The molecule has 3 heteroatoms. The second kappa shape index (κ2) is 36.5. The molecule has 0 aromatic rings. The molecule has 324 valence electrons. The van der Waals surface area contributed by atoms with Gasteiger partial charge >= 0.3 is 0 Å². The van der Waals surface area contributed by atoms with Crippen LogP contribution in [0, 0.1) is 0 Å². The Bertz CT molecular complexity index is 719. The molecule has 1 rings (SSSR count). The van der Waals surface area contributed by atoms with E-state index in [2.05, 4.69) is 41.5 Å². The van der Waals surface area contributed by atoms with Gasteiger partial charge in [0.1, 0.15) is 0 Å². The van der Waals surface area contributed by atoms with Crippen molar-refractivity contribution in [3.63, 3.8) is 0 Å². The summed E-state index contributed by atoms with van der Waals surface area (Å²) in [6, 6.07) is 8.08. The topological polar surface area (TPSA) is 9.23 Å². The van der Waals surface area contributed by atoms with E-state index in [4.69, 9.17) is 4.43 Å². The lowest BCUT2D eigenvalue weighted by Crippen LogP contribution is -2.71. The van der Waals surface area contributed by atoms with Crippen LogP contribution in [0.4, 0.5) is 0 Å². The highest BCUT2D eigenvalue weighted by atomic mass is 29.3. The van der Waals surface area contributed by atoms with Crippen LogP contribution in [0.3, 0.4) is 0 Å². The molecule has 0 spiro atoms. The minimum absolute atomic E-state index is 0.227. The van der Waals surface area contributed by atoms with Crippen LogP contribution in [-0.4, -0.2) is 21.0 Å². The van der Waals surface area contributed by atoms with Crippen molar-refractivity contribution >= 4 is 15.4 Å². The molecule has 0 saturated carbocycles. The number of rotatable bonds is 42. The standard InChI is InChI=1S/C51H106OSi2/c1-7-13-19-25-31-37-43-51(44-38-32-26-20-14-8-2)45-50-53(46-39-33-27-21-15-9-3,47-40-34-28-22-16-10-4)54(52-51,48-41-35-29-23-17-11-5)49-42-36-30-24-18-12-6/h7-50H2,1-6H3. The first-order valence-corrected chi connectivity index (χ1v) is 32.2. The predicted molar refractivity (Wildman–Crippen MR) is 253 cm³/mol. The van der Waals surface area contributed by atoms with E-state index in [9.17, 15) is 0 Å². The Morgan fingerprint density at radius 2 is 0.574 bits per heavy atom. The van der Waals surface area contributed by atoms with E-state index in [1.54, 1.807) is 43.1 Å². The Morgan fingerprint density at radius 3 is 0.889 bits per heavy atom. The quantitative estimate of drug-likeness (QED) is 0.0442. The van der Waals surface area contributed by atoms with Gasteiger partial charge in [0.25, 0.3) is 0 Å². The highest BCUT2D eigenvalue weighted by Gasteiger charge is 2.60. The molecule has 0 unspecified atom stereocenters. The molecule has 1 saturated heterocycles. The molecule has 0 radical (unpaired) electrons. The average molecular weight is 792 g/mol. The average Bonchev–Trinajstić information content (AvgIpc) is 3.18. The third kappa shape index (κ3) is 23.7. The van der Waals surface area contributed by atoms with Crippen molar-refractivity contribution in [1.29, 1.82) is 0 Å². The molecule has 0 aliphatic carbocycles. The summed E-state index contributed by atoms with van der Waals surface area (Å²) in [5.74, 6) is 0. The van der Waals surface area contributed by atoms with Gasteiger partial charge in [0, 0.05) is 0 Å². The van der Waals surface area contributed by atoms with Crippen LogP contribution in [0.2, 0.25) is 30.2 Å². The largest absolute Gasteiger partial charge is 0.414 e. The van der Waals surface area contributed by atoms with Crippen LogP contribution in [-0.2, 0) is 4.43 Å². The minimum atomic E-state index is -1.91. The molecule has 1 nitrogen and oxygen atoms in total. The summed E-state index contributed by atoms with van der Waals surface area (Å²) in [7, 11) is -3.46. The molecule has 0 aromatic heterocycles. The molecule has 1 aliphatic rings. The van der Waals surface area contributed by atoms with Gasteiger partial charge in [-0.05, 0) is 31.4 Å². The van der Waals surface area contributed by atoms with E-state index in [0.717, 1.165) is 0 Å². The van der Waals surface area contributed by atoms with Crippen molar-refractivity contribution in [2.24, 2.45) is 0 Å². The lowest BCUT2D eigenvalue weighted by atomic mass is 9.87. The Kier molecular flexibility index (Phi) is 35.4. The van der Waals surface area contributed by atoms with Gasteiger partial charge in [-0.15, -0.1) is 0 Å². The van der Waals surface area contributed by atoms with E-state index < -0.39 is 15.4 Å². The zero-order valence-corrected chi connectivity index (χ0v) is 41.0. The number of unbranched alkanes of at least 4 members (excludes halogenated alkanes) is 30. The van der Waals surface area contributed by atoms with E-state index in [-0.39, 0.29) is 5.60 Å². The van der Waals surface area contributed by atoms with Gasteiger partial charge in [-0.2, -0.15) is 0 Å². The Labute approximate surface area is 346 Å². The molecule has 0 atom stereocenters. The molecule has 54 heavy (non-hydrogen) atoms. The molecule has 1 aliphatic heterocycles. The molecule has 0 amide bonds. The molecular formula is C51H106OSi2. The lowest BCUT2D eigenvalue weighted by molar-refractivity contribution is 0.0258. The summed E-state index contributed by atoms with van der Waals surface area (Å²) in [6.07, 6.45) is 56.4. The Hall–Kier alpha value is 0.394. The SMILES string of the molecule is CCCCCCCCC1(CCCCCCCC)CC[Si](CCCCCCCC)(CCCCCCCC)[Si](CCCCCCCC)(CCCCCCCC)O1. The maximum Gasteiger partial charge on any atom is 0.181 e. The van der Waals surface area contributed by atoms with Gasteiger partial charge in [0.05, 0.1) is 13.2 Å². The van der Waals surface area contributed by atoms with Gasteiger partial charge < -0.3 is 4.43 Å². The molecule has 1 fully saturated rings. The molecule has 0 N–H and O–H groups in total. The molecule has 0 bridgehead atoms. The van der Waals surface area contributed by atoms with E-state index in [1.165, 1.54) is 238 Å². The molecule has 1 heterocycles. The van der Waals surface area contributed by atoms with Crippen molar-refractivity contribution < 1.29 is 4.43 Å². The summed E-state index contributed by atoms with van der Waals surface area (Å²) in [5, 5.41) is 0. The van der Waals surface area contributed by atoms with Gasteiger partial charge in [0.2, 0.25) is 0 Å². The third-order valence-electron chi connectivity index (χ3n) is 14.3. The van der Waals surface area contributed by atoms with E-state index >= 15 is 0 Å². The van der Waals surface area contributed by atoms with Gasteiger partial charge in [-0.25, -0.2) is 0 Å². The minimum Gasteiger partial charge on any atom is -0.414 e. The van der Waals surface area contributed by atoms with Crippen LogP contribution in [0.5, 0.6) is 0 Å². The fraction of sp³-hybridized carbons (Fsp3) is 1.00. The Morgan fingerprint density at radius 1 is 0.315 bits per heavy atom. The summed E-state index contributed by atoms with van der Waals surface area (Å²) in [6.45, 7) is 14.3. The van der Waals surface area contributed by atoms with Crippen molar-refractivity contribution in [3.8, 4) is 0 Å². The smallest absolute Gasteiger partial charge is 0.181 e. The van der Waals surface area contributed by atoms with Gasteiger partial charge in [0.15, 0.2) is 7.83 Å². The van der Waals surface area contributed by atoms with Crippen LogP contribution in [0.1, 0.15) is 292 Å². The monoisotopic (exact) mass is 791 g/mol. The number of hydrogen-bond acceptors (Lipinski definition) is 1. The number of hydrogen-bond donors (Lipinski definition) is 0. The summed E-state index contributed by atoms with van der Waals surface area (Å²) in [5.41, 5.74) is 0.227. The summed E-state index contributed by atoms with van der Waals surface area (Å²) in [4.78, 5) is 0. The second-order valence-electron chi connectivity index (χ2n) is 19.2.